The quantitative estimate of drug-likeness (QED) is 0.0521. The highest BCUT2D eigenvalue weighted by Gasteiger charge is 2.45. The molecule has 0 saturated carbocycles. The third-order valence-electron chi connectivity index (χ3n) is 11.6. The van der Waals surface area contributed by atoms with E-state index in [2.05, 4.69) is 74.2 Å². The number of carbonyl (C=O) groups is 2. The van der Waals surface area contributed by atoms with Crippen molar-refractivity contribution in [2.45, 2.75) is 81.9 Å². The summed E-state index contributed by atoms with van der Waals surface area (Å²) in [5.74, 6) is 1.83. The molecular weight excluding hydrogens is 858 g/mol. The molecule has 4 N–H and O–H groups in total. The number of fused-ring (bicyclic) bond motifs is 3. The van der Waals surface area contributed by atoms with E-state index < -0.39 is 0 Å². The number of amides is 3. The van der Waals surface area contributed by atoms with Gasteiger partial charge in [-0.3, -0.25) is 4.79 Å². The zero-order valence-electron chi connectivity index (χ0n) is 37.0. The minimum atomic E-state index is -0.285. The number of aromatic nitrogens is 3. The Morgan fingerprint density at radius 2 is 1.86 bits per heavy atom. The highest BCUT2D eigenvalue weighted by molar-refractivity contribution is 8.00. The molecule has 2 fully saturated rings. The Hall–Kier alpha value is -4.41. The van der Waals surface area contributed by atoms with Gasteiger partial charge in [0.2, 0.25) is 5.91 Å². The number of nitrogens with one attached hydrogen (secondary N) is 2. The van der Waals surface area contributed by atoms with Crippen LogP contribution in [0.3, 0.4) is 0 Å². The maximum Gasteiger partial charge on any atom is 0.315 e. The number of unbranched alkanes of at least 4 members (excludes halogenated alkanes) is 1. The van der Waals surface area contributed by atoms with E-state index >= 15 is 0 Å². The van der Waals surface area contributed by atoms with Crippen molar-refractivity contribution in [3.05, 3.63) is 88.1 Å². The Morgan fingerprint density at radius 1 is 1.05 bits per heavy atom. The molecule has 4 aliphatic rings. The molecule has 348 valence electrons. The van der Waals surface area contributed by atoms with Crippen LogP contribution < -0.4 is 21.3 Å². The minimum Gasteiger partial charge on any atom is -0.495 e. The van der Waals surface area contributed by atoms with Crippen LogP contribution in [0.1, 0.15) is 56.2 Å². The fourth-order valence-corrected chi connectivity index (χ4v) is 10.3. The summed E-state index contributed by atoms with van der Waals surface area (Å²) in [5.41, 5.74) is 10.9. The Kier molecular flexibility index (Phi) is 20.3. The first kappa shape index (κ1) is 49.0. The molecule has 2 aromatic rings. The second-order valence-corrected chi connectivity index (χ2v) is 18.0. The van der Waals surface area contributed by atoms with Gasteiger partial charge in [-0.1, -0.05) is 35.0 Å². The standard InChI is InChI=1S/C46H64ClN9O7S/c1-54(17-3-2-16-48)18-4-5-19-56-41-14-13-39(29-36(41)10-9-34-11-12-37(47)30-42(34)56)63-28-27-62-32-38-31-55(53-52-38)20-22-60-24-26-61-25-23-59-21-15-35(7-6-8-43(49)57)45-44-40(33-64-45)50-46(58)51-44/h2-3,10-14,30-31,35,40,44-45H,4-9,15,17-29,32-33H2,1H3,(H2,49,57)(H2,50,51,58)/b3-2+/t35?,40-,44-,45-/m0/s1. The van der Waals surface area contributed by atoms with Crippen LogP contribution in [0, 0.1) is 17.2 Å². The number of urea groups is 1. The monoisotopic (exact) mass is 921 g/mol. The van der Waals surface area contributed by atoms with Gasteiger partial charge in [0.05, 0.1) is 77.1 Å². The van der Waals surface area contributed by atoms with Gasteiger partial charge in [0.15, 0.2) is 0 Å². The van der Waals surface area contributed by atoms with E-state index in [0.717, 1.165) is 86.1 Å². The number of nitrogens with zero attached hydrogens (tertiary/aromatic N) is 6. The summed E-state index contributed by atoms with van der Waals surface area (Å²) in [5, 5.41) is 24.3. The smallest absolute Gasteiger partial charge is 0.315 e. The van der Waals surface area contributed by atoms with Crippen molar-refractivity contribution < 1.29 is 33.3 Å². The number of ether oxygens (including phenoxy) is 5. The Morgan fingerprint density at radius 3 is 2.69 bits per heavy atom. The summed E-state index contributed by atoms with van der Waals surface area (Å²) in [6.07, 6.45) is 18.2. The molecule has 0 bridgehead atoms. The molecule has 3 aliphatic heterocycles. The number of benzene rings is 1. The molecule has 18 heteroatoms. The average Bonchev–Trinajstić information content (AvgIpc) is 3.98. The molecule has 0 radical (unpaired) electrons. The molecule has 4 atom stereocenters. The van der Waals surface area contributed by atoms with Crippen LogP contribution in [-0.4, -0.2) is 134 Å². The first-order valence-electron chi connectivity index (χ1n) is 22.5. The fraction of sp³-hybridized carbons (Fsp3) is 0.587. The van der Waals surface area contributed by atoms with Crippen LogP contribution >= 0.6 is 23.4 Å². The van der Waals surface area contributed by atoms with Crippen LogP contribution in [0.25, 0.3) is 0 Å². The van der Waals surface area contributed by atoms with Gasteiger partial charge in [0.25, 0.3) is 0 Å². The van der Waals surface area contributed by atoms with Crippen LogP contribution in [0.2, 0.25) is 5.02 Å². The summed E-state index contributed by atoms with van der Waals surface area (Å²) in [7, 11) is 2.08. The van der Waals surface area contributed by atoms with E-state index in [0.29, 0.717) is 84.8 Å². The lowest BCUT2D eigenvalue weighted by atomic mass is 9.89. The van der Waals surface area contributed by atoms with Crippen molar-refractivity contribution in [3.8, 4) is 6.07 Å². The predicted molar refractivity (Wildman–Crippen MR) is 248 cm³/mol. The number of hydrogen-bond acceptors (Lipinski definition) is 13. The predicted octanol–water partition coefficient (Wildman–Crippen LogP) is 5.29. The summed E-state index contributed by atoms with van der Waals surface area (Å²) < 4.78 is 31.1. The first-order valence-corrected chi connectivity index (χ1v) is 23.9. The summed E-state index contributed by atoms with van der Waals surface area (Å²) >= 11 is 8.37. The third-order valence-corrected chi connectivity index (χ3v) is 13.5. The van der Waals surface area contributed by atoms with Gasteiger partial charge in [-0.2, -0.15) is 17.0 Å². The van der Waals surface area contributed by atoms with Crippen LogP contribution in [0.5, 0.6) is 0 Å². The normalized spacial score (nSPS) is 19.5. The fourth-order valence-electron chi connectivity index (χ4n) is 8.37. The first-order chi connectivity index (χ1) is 31.3. The van der Waals surface area contributed by atoms with Gasteiger partial charge >= 0.3 is 6.03 Å². The van der Waals surface area contributed by atoms with E-state index in [9.17, 15) is 9.59 Å². The summed E-state index contributed by atoms with van der Waals surface area (Å²) in [6, 6.07) is 8.38. The number of thioether (sulfide) groups is 1. The van der Waals surface area contributed by atoms with E-state index in [4.69, 9.17) is 46.3 Å². The van der Waals surface area contributed by atoms with Crippen LogP contribution in [-0.2, 0) is 48.1 Å². The van der Waals surface area contributed by atoms with E-state index in [1.165, 1.54) is 22.9 Å². The second kappa shape index (κ2) is 26.5. The molecule has 1 aromatic carbocycles. The summed E-state index contributed by atoms with van der Waals surface area (Å²) in [6.45, 7) is 7.28. The number of nitrogens with two attached hydrogens (primary N) is 1. The second-order valence-electron chi connectivity index (χ2n) is 16.4. The number of primary amides is 1. The number of carbonyl (C=O) groups excluding carboxylic acids is 2. The molecular formula is C46H64ClN9O7S. The molecule has 16 nitrogen and oxygen atoms in total. The van der Waals surface area contributed by atoms with Crippen LogP contribution in [0.4, 0.5) is 10.5 Å². The Bertz CT molecular complexity index is 1990. The maximum atomic E-state index is 11.9. The van der Waals surface area contributed by atoms with Gasteiger partial charge in [0, 0.05) is 66.0 Å². The van der Waals surface area contributed by atoms with Crippen molar-refractivity contribution in [1.29, 1.82) is 5.26 Å². The lowest BCUT2D eigenvalue weighted by Crippen LogP contribution is -2.41. The molecule has 1 aromatic heterocycles. The number of allylic oxidation sites excluding steroid dienone is 6. The molecule has 2 saturated heterocycles. The Balaban J connectivity index is 0.811. The molecule has 4 heterocycles. The zero-order chi connectivity index (χ0) is 44.9. The largest absolute Gasteiger partial charge is 0.495 e. The lowest BCUT2D eigenvalue weighted by molar-refractivity contribution is -0.118. The Labute approximate surface area is 386 Å². The van der Waals surface area contributed by atoms with E-state index in [1.54, 1.807) is 4.68 Å². The molecule has 3 amide bonds. The molecule has 1 unspecified atom stereocenters. The molecule has 0 spiro atoms. The van der Waals surface area contributed by atoms with Crippen molar-refractivity contribution >= 4 is 41.0 Å². The van der Waals surface area contributed by atoms with Gasteiger partial charge in [0.1, 0.15) is 18.1 Å². The van der Waals surface area contributed by atoms with Gasteiger partial charge in [-0.05, 0) is 93.5 Å². The minimum absolute atomic E-state index is 0.0998. The number of hydrogen-bond donors (Lipinski definition) is 3. The SMILES string of the molecule is CN(C/C=C/C#N)CCCCN1C2=CC=C(OCCOCc3cn(CCOCCOCCOCCC(CCCC(N)=O)[C@@H]4SC[C@@H]5NC(=O)N[C@@H]54)nn3)CC2=CCc2ccc(Cl)cc21. The van der Waals surface area contributed by atoms with Gasteiger partial charge in [-0.25, -0.2) is 9.48 Å². The van der Waals surface area contributed by atoms with Gasteiger partial charge < -0.3 is 49.9 Å². The highest BCUT2D eigenvalue weighted by atomic mass is 35.5. The van der Waals surface area contributed by atoms with Crippen molar-refractivity contribution in [2.24, 2.45) is 11.7 Å². The summed E-state index contributed by atoms with van der Waals surface area (Å²) in [4.78, 5) is 27.8. The van der Waals surface area contributed by atoms with Crippen LogP contribution in [0.15, 0.2) is 71.8 Å². The van der Waals surface area contributed by atoms with Crippen molar-refractivity contribution in [2.75, 3.05) is 90.2 Å². The number of likely N-dealkylation sites (N-methyl/N-ethyl adjacent to an activating group) is 1. The number of halogens is 1. The van der Waals surface area contributed by atoms with Crippen molar-refractivity contribution in [1.82, 2.24) is 30.5 Å². The zero-order valence-corrected chi connectivity index (χ0v) is 38.5. The number of nitriles is 1. The van der Waals surface area contributed by atoms with E-state index in [1.807, 2.05) is 30.1 Å². The molecule has 64 heavy (non-hydrogen) atoms. The maximum absolute atomic E-state index is 11.9. The average molecular weight is 923 g/mol. The molecule has 6 rings (SSSR count). The van der Waals surface area contributed by atoms with Gasteiger partial charge in [-0.15, -0.1) is 5.10 Å². The van der Waals surface area contributed by atoms with Crippen molar-refractivity contribution in [3.63, 3.8) is 0 Å². The highest BCUT2D eigenvalue weighted by Crippen LogP contribution is 2.39. The number of rotatable bonds is 30. The number of anilines is 1. The topological polar surface area (TPSA) is 191 Å². The third kappa shape index (κ3) is 15.6. The van der Waals surface area contributed by atoms with E-state index in [-0.39, 0.29) is 29.3 Å². The molecule has 1 aliphatic carbocycles. The lowest BCUT2D eigenvalue weighted by Gasteiger charge is -2.31.